The maximum atomic E-state index is 12.8. The van der Waals surface area contributed by atoms with Gasteiger partial charge in [0.15, 0.2) is 0 Å². The molecular weight excluding hydrogens is 364 g/mol. The number of nitrogens with zero attached hydrogens (tertiary/aromatic N) is 4. The normalized spacial score (nSPS) is 38.4. The van der Waals surface area contributed by atoms with Crippen molar-refractivity contribution in [2.45, 2.75) is 75.4 Å². The summed E-state index contributed by atoms with van der Waals surface area (Å²) in [6.45, 7) is 6.65. The minimum absolute atomic E-state index is 0.0298. The molecule has 5 aliphatic rings. The highest BCUT2D eigenvalue weighted by Gasteiger charge is 2.58. The maximum Gasteiger partial charge on any atom is 0.237 e. The zero-order valence-corrected chi connectivity index (χ0v) is 17.4. The van der Waals surface area contributed by atoms with Gasteiger partial charge in [-0.1, -0.05) is 6.08 Å². The highest BCUT2D eigenvalue weighted by atomic mass is 16.2. The fourth-order valence-corrected chi connectivity index (χ4v) is 6.61. The fourth-order valence-electron chi connectivity index (χ4n) is 6.61. The molecule has 4 bridgehead atoms. The minimum atomic E-state index is -0.254. The average Bonchev–Trinajstić information content (AvgIpc) is 3.17. The summed E-state index contributed by atoms with van der Waals surface area (Å²) < 4.78 is 0. The predicted molar refractivity (Wildman–Crippen MR) is 113 cm³/mol. The van der Waals surface area contributed by atoms with Gasteiger partial charge in [-0.3, -0.25) is 4.79 Å². The molecule has 7 nitrogen and oxygen atoms in total. The number of amides is 1. The molecule has 156 valence electrons. The second-order valence-electron chi connectivity index (χ2n) is 9.43. The number of likely N-dealkylation sites (tertiary alicyclic amines) is 1. The van der Waals surface area contributed by atoms with Crippen molar-refractivity contribution in [2.24, 2.45) is 21.8 Å². The number of carbonyl (C=O) groups excluding carboxylic acids is 1. The van der Waals surface area contributed by atoms with Gasteiger partial charge in [0.25, 0.3) is 0 Å². The fraction of sp³-hybridized carbons (Fsp3) is 0.727. The standard InChI is InChI=1S/C22H32N6O/c1-3-6-25-20(24-2)27-22-11-16-8-17(12-22)10-21(9-16,15-22)26-14-19(29)28-7-4-5-18(28)13-23/h3,6,16-18,26H,2,4-5,7-12,14-15H2,1H3,(H,25,27). The third-order valence-corrected chi connectivity index (χ3v) is 7.24. The highest BCUT2D eigenvalue weighted by molar-refractivity contribution is 5.85. The van der Waals surface area contributed by atoms with Crippen LogP contribution in [0, 0.1) is 23.2 Å². The Morgan fingerprint density at radius 1 is 1.34 bits per heavy atom. The van der Waals surface area contributed by atoms with Crippen LogP contribution in [0.4, 0.5) is 0 Å². The third-order valence-electron chi connectivity index (χ3n) is 7.24. The van der Waals surface area contributed by atoms with Crippen molar-refractivity contribution in [1.82, 2.24) is 15.5 Å². The van der Waals surface area contributed by atoms with Crippen molar-refractivity contribution in [3.63, 3.8) is 0 Å². The molecule has 1 saturated heterocycles. The monoisotopic (exact) mass is 396 g/mol. The molecule has 1 heterocycles. The Morgan fingerprint density at radius 3 is 2.76 bits per heavy atom. The van der Waals surface area contributed by atoms with Gasteiger partial charge in [0, 0.05) is 12.1 Å². The number of allylic oxidation sites excluding steroid dienone is 1. The molecule has 3 atom stereocenters. The molecule has 29 heavy (non-hydrogen) atoms. The zero-order valence-electron chi connectivity index (χ0n) is 17.4. The van der Waals surface area contributed by atoms with Crippen molar-refractivity contribution < 1.29 is 4.79 Å². The lowest BCUT2D eigenvalue weighted by atomic mass is 9.50. The molecule has 5 fully saturated rings. The zero-order chi connectivity index (χ0) is 20.5. The van der Waals surface area contributed by atoms with Crippen molar-refractivity contribution in [3.05, 3.63) is 12.3 Å². The van der Waals surface area contributed by atoms with E-state index in [1.54, 1.807) is 4.90 Å². The topological polar surface area (TPSA) is 92.9 Å². The molecule has 1 amide bonds. The van der Waals surface area contributed by atoms with E-state index in [9.17, 15) is 10.1 Å². The van der Waals surface area contributed by atoms with Crippen LogP contribution in [0.15, 0.2) is 22.3 Å². The van der Waals surface area contributed by atoms with E-state index in [4.69, 9.17) is 4.99 Å². The number of hydrogen-bond donors (Lipinski definition) is 2. The van der Waals surface area contributed by atoms with Crippen molar-refractivity contribution in [3.8, 4) is 6.07 Å². The van der Waals surface area contributed by atoms with Crippen LogP contribution in [0.5, 0.6) is 0 Å². The van der Waals surface area contributed by atoms with E-state index >= 15 is 0 Å². The first kappa shape index (κ1) is 20.1. The lowest BCUT2D eigenvalue weighted by Crippen LogP contribution is -2.65. The van der Waals surface area contributed by atoms with E-state index in [0.29, 0.717) is 30.9 Å². The van der Waals surface area contributed by atoms with Crippen LogP contribution in [0.2, 0.25) is 0 Å². The molecule has 4 aliphatic carbocycles. The second-order valence-corrected chi connectivity index (χ2v) is 9.43. The second kappa shape index (κ2) is 7.91. The van der Waals surface area contributed by atoms with Gasteiger partial charge in [-0.2, -0.15) is 5.26 Å². The van der Waals surface area contributed by atoms with Gasteiger partial charge in [-0.15, -0.1) is 0 Å². The Hall–Kier alpha value is -2.20. The molecule has 5 rings (SSSR count). The number of rotatable bonds is 5. The molecule has 0 radical (unpaired) electrons. The summed E-state index contributed by atoms with van der Waals surface area (Å²) in [7, 11) is 0. The SMILES string of the molecule is C=NC(=NC12CC3CC(C1)CC(NCC(=O)N1CCCC1C#N)(C3)C2)NC=CC. The van der Waals surface area contributed by atoms with Crippen molar-refractivity contribution in [1.29, 1.82) is 5.26 Å². The van der Waals surface area contributed by atoms with Crippen molar-refractivity contribution >= 4 is 18.6 Å². The molecule has 4 saturated carbocycles. The van der Waals surface area contributed by atoms with Gasteiger partial charge in [0.1, 0.15) is 6.04 Å². The number of carbonyl (C=O) groups is 1. The largest absolute Gasteiger partial charge is 0.331 e. The van der Waals surface area contributed by atoms with Gasteiger partial charge >= 0.3 is 0 Å². The average molecular weight is 397 g/mol. The smallest absolute Gasteiger partial charge is 0.237 e. The van der Waals surface area contributed by atoms with Crippen LogP contribution in [-0.4, -0.2) is 53.7 Å². The summed E-state index contributed by atoms with van der Waals surface area (Å²) in [4.78, 5) is 23.7. The molecule has 7 heteroatoms. The number of nitriles is 1. The lowest BCUT2D eigenvalue weighted by molar-refractivity contribution is -0.131. The Labute approximate surface area is 173 Å². The summed E-state index contributed by atoms with van der Waals surface area (Å²) in [5.41, 5.74) is -0.147. The number of nitrogens with one attached hydrogen (secondary N) is 2. The summed E-state index contributed by atoms with van der Waals surface area (Å²) in [5, 5.41) is 16.1. The highest BCUT2D eigenvalue weighted by Crippen LogP contribution is 2.59. The molecule has 0 aromatic heterocycles. The first-order chi connectivity index (χ1) is 14.0. The van der Waals surface area contributed by atoms with E-state index < -0.39 is 0 Å². The van der Waals surface area contributed by atoms with E-state index in [1.165, 1.54) is 6.42 Å². The van der Waals surface area contributed by atoms with E-state index in [2.05, 4.69) is 28.4 Å². The van der Waals surface area contributed by atoms with Crippen LogP contribution < -0.4 is 10.6 Å². The van der Waals surface area contributed by atoms with Gasteiger partial charge in [0.05, 0.1) is 18.2 Å². The van der Waals surface area contributed by atoms with Gasteiger partial charge in [-0.25, -0.2) is 9.98 Å². The Kier molecular flexibility index (Phi) is 5.48. The molecular formula is C22H32N6O. The quantitative estimate of drug-likeness (QED) is 0.551. The molecule has 1 aliphatic heterocycles. The van der Waals surface area contributed by atoms with E-state index in [-0.39, 0.29) is 23.0 Å². The molecule has 0 spiro atoms. The number of hydrogen-bond acceptors (Lipinski definition) is 4. The van der Waals surface area contributed by atoms with E-state index in [1.807, 2.05) is 19.2 Å². The first-order valence-electron chi connectivity index (χ1n) is 10.9. The minimum Gasteiger partial charge on any atom is -0.331 e. The van der Waals surface area contributed by atoms with Crippen LogP contribution in [0.25, 0.3) is 0 Å². The summed E-state index contributed by atoms with van der Waals surface area (Å²) in [5.74, 6) is 1.94. The molecule has 0 aromatic rings. The summed E-state index contributed by atoms with van der Waals surface area (Å²) >= 11 is 0. The molecule has 0 aromatic carbocycles. The van der Waals surface area contributed by atoms with Crippen LogP contribution >= 0.6 is 0 Å². The van der Waals surface area contributed by atoms with E-state index in [0.717, 1.165) is 44.9 Å². The Balaban J connectivity index is 1.48. The van der Waals surface area contributed by atoms with Crippen molar-refractivity contribution in [2.75, 3.05) is 13.1 Å². The Morgan fingerprint density at radius 2 is 2.10 bits per heavy atom. The molecule has 2 N–H and O–H groups in total. The summed E-state index contributed by atoms with van der Waals surface area (Å²) in [6, 6.07) is 2.02. The van der Waals surface area contributed by atoms with Gasteiger partial charge < -0.3 is 15.5 Å². The first-order valence-corrected chi connectivity index (χ1v) is 10.9. The third kappa shape index (κ3) is 3.95. The van der Waals surface area contributed by atoms with Gasteiger partial charge in [0.2, 0.25) is 11.9 Å². The number of guanidine groups is 1. The predicted octanol–water partition coefficient (Wildman–Crippen LogP) is 2.36. The molecule has 3 unspecified atom stereocenters. The van der Waals surface area contributed by atoms with Crippen LogP contribution in [0.3, 0.4) is 0 Å². The Bertz CT molecular complexity index is 752. The number of aliphatic imine (C=N–C) groups is 2. The lowest BCUT2D eigenvalue weighted by Gasteiger charge is -2.61. The maximum absolute atomic E-state index is 12.8. The van der Waals surface area contributed by atoms with Gasteiger partial charge in [-0.05, 0) is 83.0 Å². The van der Waals surface area contributed by atoms with Crippen LogP contribution in [0.1, 0.15) is 58.3 Å². The van der Waals surface area contributed by atoms with Crippen LogP contribution in [-0.2, 0) is 4.79 Å². The summed E-state index contributed by atoms with van der Waals surface area (Å²) in [6.07, 6.45) is 12.1.